The number of rotatable bonds is 5. The SMILES string of the molecule is Cc1ccc(S(=O)(=O)N2CCC(NCc3cn[nH]c3C)CC2)cc1. The highest BCUT2D eigenvalue weighted by atomic mass is 32.2. The molecule has 3 rings (SSSR count). The van der Waals surface area contributed by atoms with Gasteiger partial charge in [0, 0.05) is 36.9 Å². The van der Waals surface area contributed by atoms with Crippen molar-refractivity contribution in [3.8, 4) is 0 Å². The van der Waals surface area contributed by atoms with Crippen LogP contribution in [0, 0.1) is 13.8 Å². The van der Waals surface area contributed by atoms with Gasteiger partial charge in [-0.05, 0) is 38.8 Å². The fourth-order valence-corrected chi connectivity index (χ4v) is 4.44. The Labute approximate surface area is 143 Å². The van der Waals surface area contributed by atoms with Crippen LogP contribution in [-0.4, -0.2) is 42.1 Å². The molecule has 0 aliphatic carbocycles. The summed E-state index contributed by atoms with van der Waals surface area (Å²) in [6.45, 7) is 5.82. The number of hydrogen-bond donors (Lipinski definition) is 2. The van der Waals surface area contributed by atoms with Gasteiger partial charge in [0.05, 0.1) is 11.1 Å². The summed E-state index contributed by atoms with van der Waals surface area (Å²) in [4.78, 5) is 0.383. The minimum Gasteiger partial charge on any atom is -0.310 e. The summed E-state index contributed by atoms with van der Waals surface area (Å²) in [7, 11) is -3.38. The second kappa shape index (κ2) is 7.04. The Kier molecular flexibility index (Phi) is 5.03. The largest absolute Gasteiger partial charge is 0.310 e. The van der Waals surface area contributed by atoms with Crippen LogP contribution in [0.15, 0.2) is 35.4 Å². The first-order valence-electron chi connectivity index (χ1n) is 8.26. The van der Waals surface area contributed by atoms with E-state index in [0.29, 0.717) is 24.0 Å². The highest BCUT2D eigenvalue weighted by Gasteiger charge is 2.29. The van der Waals surface area contributed by atoms with Gasteiger partial charge in [0.25, 0.3) is 0 Å². The van der Waals surface area contributed by atoms with Crippen LogP contribution in [0.2, 0.25) is 0 Å². The van der Waals surface area contributed by atoms with E-state index in [-0.39, 0.29) is 0 Å². The number of aryl methyl sites for hydroxylation is 2. The number of sulfonamides is 1. The summed E-state index contributed by atoms with van der Waals surface area (Å²) >= 11 is 0. The molecule has 0 atom stereocenters. The van der Waals surface area contributed by atoms with E-state index in [1.165, 1.54) is 0 Å². The normalized spacial score (nSPS) is 17.2. The number of aromatic nitrogens is 2. The van der Waals surface area contributed by atoms with E-state index in [1.807, 2.05) is 32.2 Å². The Morgan fingerprint density at radius 3 is 2.46 bits per heavy atom. The van der Waals surface area contributed by atoms with Crippen LogP contribution >= 0.6 is 0 Å². The first kappa shape index (κ1) is 17.1. The molecule has 0 spiro atoms. The molecular formula is C17H24N4O2S. The molecule has 0 amide bonds. The number of H-pyrrole nitrogens is 1. The van der Waals surface area contributed by atoms with Crippen molar-refractivity contribution in [3.05, 3.63) is 47.3 Å². The summed E-state index contributed by atoms with van der Waals surface area (Å²) < 4.78 is 27.0. The third-order valence-electron chi connectivity index (χ3n) is 4.63. The van der Waals surface area contributed by atoms with E-state index in [0.717, 1.165) is 36.2 Å². The van der Waals surface area contributed by atoms with Gasteiger partial charge in [0.1, 0.15) is 0 Å². The topological polar surface area (TPSA) is 78.1 Å². The fraction of sp³-hybridized carbons (Fsp3) is 0.471. The highest BCUT2D eigenvalue weighted by Crippen LogP contribution is 2.21. The maximum absolute atomic E-state index is 12.7. The Morgan fingerprint density at radius 2 is 1.88 bits per heavy atom. The molecule has 7 heteroatoms. The van der Waals surface area contributed by atoms with Gasteiger partial charge in [0.2, 0.25) is 10.0 Å². The van der Waals surface area contributed by atoms with Gasteiger partial charge >= 0.3 is 0 Å². The number of nitrogens with zero attached hydrogens (tertiary/aromatic N) is 2. The zero-order chi connectivity index (χ0) is 17.2. The van der Waals surface area contributed by atoms with Crippen LogP contribution in [0.3, 0.4) is 0 Å². The van der Waals surface area contributed by atoms with Crippen molar-refractivity contribution in [2.24, 2.45) is 0 Å². The average Bonchev–Trinajstić information content (AvgIpc) is 2.99. The van der Waals surface area contributed by atoms with Gasteiger partial charge in [-0.3, -0.25) is 5.10 Å². The molecule has 0 radical (unpaired) electrons. The minimum atomic E-state index is -3.38. The predicted octanol–water partition coefficient (Wildman–Crippen LogP) is 1.97. The number of nitrogens with one attached hydrogen (secondary N) is 2. The number of hydrogen-bond acceptors (Lipinski definition) is 4. The first-order valence-corrected chi connectivity index (χ1v) is 9.70. The summed E-state index contributed by atoms with van der Waals surface area (Å²) in [6, 6.07) is 7.40. The van der Waals surface area contributed by atoms with E-state index in [1.54, 1.807) is 16.4 Å². The van der Waals surface area contributed by atoms with Crippen LogP contribution in [-0.2, 0) is 16.6 Å². The molecule has 1 saturated heterocycles. The van der Waals surface area contributed by atoms with Crippen molar-refractivity contribution in [3.63, 3.8) is 0 Å². The number of piperidine rings is 1. The van der Waals surface area contributed by atoms with Crippen molar-refractivity contribution in [1.29, 1.82) is 0 Å². The lowest BCUT2D eigenvalue weighted by atomic mass is 10.1. The molecule has 1 fully saturated rings. The highest BCUT2D eigenvalue weighted by molar-refractivity contribution is 7.89. The van der Waals surface area contributed by atoms with Crippen molar-refractivity contribution in [2.75, 3.05) is 13.1 Å². The minimum absolute atomic E-state index is 0.337. The second-order valence-corrected chi connectivity index (χ2v) is 8.33. The van der Waals surface area contributed by atoms with E-state index >= 15 is 0 Å². The van der Waals surface area contributed by atoms with Crippen LogP contribution in [0.1, 0.15) is 29.7 Å². The smallest absolute Gasteiger partial charge is 0.243 e. The average molecular weight is 348 g/mol. The molecule has 1 aliphatic heterocycles. The predicted molar refractivity (Wildman–Crippen MR) is 93.1 cm³/mol. The van der Waals surface area contributed by atoms with Crippen LogP contribution in [0.25, 0.3) is 0 Å². The van der Waals surface area contributed by atoms with Gasteiger partial charge in [-0.2, -0.15) is 9.40 Å². The number of aromatic amines is 1. The summed E-state index contributed by atoms with van der Waals surface area (Å²) in [6.07, 6.45) is 3.48. The summed E-state index contributed by atoms with van der Waals surface area (Å²) in [5, 5.41) is 10.4. The molecule has 2 aromatic rings. The van der Waals surface area contributed by atoms with Crippen molar-refractivity contribution in [1.82, 2.24) is 19.8 Å². The Bertz CT molecular complexity index is 775. The lowest BCUT2D eigenvalue weighted by molar-refractivity contribution is 0.288. The molecule has 1 aliphatic rings. The lowest BCUT2D eigenvalue weighted by Crippen LogP contribution is -2.44. The van der Waals surface area contributed by atoms with E-state index in [2.05, 4.69) is 15.5 Å². The Morgan fingerprint density at radius 1 is 1.21 bits per heavy atom. The van der Waals surface area contributed by atoms with E-state index in [9.17, 15) is 8.42 Å². The monoisotopic (exact) mass is 348 g/mol. The fourth-order valence-electron chi connectivity index (χ4n) is 2.97. The molecular weight excluding hydrogens is 324 g/mol. The van der Waals surface area contributed by atoms with E-state index in [4.69, 9.17) is 0 Å². The van der Waals surface area contributed by atoms with Crippen LogP contribution in [0.4, 0.5) is 0 Å². The maximum atomic E-state index is 12.7. The zero-order valence-electron chi connectivity index (χ0n) is 14.1. The van der Waals surface area contributed by atoms with Crippen LogP contribution in [0.5, 0.6) is 0 Å². The molecule has 0 unspecified atom stereocenters. The van der Waals surface area contributed by atoms with Crippen molar-refractivity contribution in [2.45, 2.75) is 44.2 Å². The molecule has 130 valence electrons. The quantitative estimate of drug-likeness (QED) is 0.866. The van der Waals surface area contributed by atoms with Gasteiger partial charge in [-0.25, -0.2) is 8.42 Å². The van der Waals surface area contributed by atoms with Gasteiger partial charge in [-0.1, -0.05) is 17.7 Å². The number of benzene rings is 1. The van der Waals surface area contributed by atoms with Crippen LogP contribution < -0.4 is 5.32 Å². The summed E-state index contributed by atoms with van der Waals surface area (Å²) in [5.41, 5.74) is 3.29. The molecule has 1 aromatic heterocycles. The summed E-state index contributed by atoms with van der Waals surface area (Å²) in [5.74, 6) is 0. The lowest BCUT2D eigenvalue weighted by Gasteiger charge is -2.31. The molecule has 2 N–H and O–H groups in total. The third kappa shape index (κ3) is 3.68. The van der Waals surface area contributed by atoms with Crippen molar-refractivity contribution >= 4 is 10.0 Å². The van der Waals surface area contributed by atoms with E-state index < -0.39 is 10.0 Å². The van der Waals surface area contributed by atoms with Gasteiger partial charge in [0.15, 0.2) is 0 Å². The molecule has 1 aromatic carbocycles. The molecule has 2 heterocycles. The first-order chi connectivity index (χ1) is 11.5. The molecule has 0 bridgehead atoms. The second-order valence-electron chi connectivity index (χ2n) is 6.39. The van der Waals surface area contributed by atoms with Gasteiger partial charge < -0.3 is 5.32 Å². The standard InChI is InChI=1S/C17H24N4O2S/c1-13-3-5-17(6-4-13)24(22,23)21-9-7-16(8-10-21)18-11-15-12-19-20-14(15)2/h3-6,12,16,18H,7-11H2,1-2H3,(H,19,20). The molecule has 24 heavy (non-hydrogen) atoms. The molecule has 0 saturated carbocycles. The van der Waals surface area contributed by atoms with Crippen molar-refractivity contribution < 1.29 is 8.42 Å². The Hall–Kier alpha value is -1.70. The maximum Gasteiger partial charge on any atom is 0.243 e. The Balaban J connectivity index is 1.56. The third-order valence-corrected chi connectivity index (χ3v) is 6.54. The molecule has 6 nitrogen and oxygen atoms in total. The van der Waals surface area contributed by atoms with Gasteiger partial charge in [-0.15, -0.1) is 0 Å². The zero-order valence-corrected chi connectivity index (χ0v) is 14.9.